The zero-order valence-corrected chi connectivity index (χ0v) is 32.7. The van der Waals surface area contributed by atoms with Crippen molar-refractivity contribution in [3.63, 3.8) is 0 Å². The van der Waals surface area contributed by atoms with Crippen molar-refractivity contribution in [2.75, 3.05) is 0 Å². The molecule has 61 heavy (non-hydrogen) atoms. The Morgan fingerprint density at radius 3 is 1.69 bits per heavy atom. The molecule has 3 aromatic heterocycles. The van der Waals surface area contributed by atoms with Crippen LogP contribution in [-0.4, -0.2) is 19.5 Å². The number of rotatable bonds is 4. The molecule has 0 bridgehead atoms. The first-order chi connectivity index (χ1) is 30.3. The minimum absolute atomic E-state index is 0.484. The molecule has 9 aromatic carbocycles. The highest BCUT2D eigenvalue weighted by atomic mass is 16.3. The van der Waals surface area contributed by atoms with Crippen molar-refractivity contribution in [2.24, 2.45) is 0 Å². The van der Waals surface area contributed by atoms with Crippen LogP contribution in [-0.2, 0) is 5.41 Å². The molecule has 2 aliphatic rings. The number of nitrogens with zero attached hydrogens (tertiary/aromatic N) is 4. The molecule has 14 rings (SSSR count). The van der Waals surface area contributed by atoms with Crippen molar-refractivity contribution in [1.82, 2.24) is 19.5 Å². The van der Waals surface area contributed by atoms with Crippen LogP contribution in [0, 0.1) is 0 Å². The maximum Gasteiger partial charge on any atom is 0.167 e. The van der Waals surface area contributed by atoms with Crippen LogP contribution in [0.3, 0.4) is 0 Å². The first-order valence-electron chi connectivity index (χ1n) is 20.8. The van der Waals surface area contributed by atoms with E-state index in [1.54, 1.807) is 0 Å². The van der Waals surface area contributed by atoms with Gasteiger partial charge in [0.05, 0.1) is 22.0 Å². The first-order valence-corrected chi connectivity index (χ1v) is 20.8. The number of benzene rings is 9. The Balaban J connectivity index is 1.11. The summed E-state index contributed by atoms with van der Waals surface area (Å²) in [7, 11) is 0. The molecule has 0 saturated heterocycles. The van der Waals surface area contributed by atoms with E-state index in [1.807, 2.05) is 72.8 Å². The van der Waals surface area contributed by atoms with Crippen molar-refractivity contribution >= 4 is 54.5 Å². The van der Waals surface area contributed by atoms with Crippen LogP contribution in [0.2, 0.25) is 0 Å². The summed E-state index contributed by atoms with van der Waals surface area (Å²) < 4.78 is 9.24. The Bertz CT molecular complexity index is 3720. The van der Waals surface area contributed by atoms with Crippen LogP contribution >= 0.6 is 0 Å². The molecule has 2 aliphatic carbocycles. The van der Waals surface area contributed by atoms with Crippen molar-refractivity contribution in [3.05, 3.63) is 216 Å². The van der Waals surface area contributed by atoms with Gasteiger partial charge >= 0.3 is 0 Å². The smallest absolute Gasteiger partial charge is 0.167 e. The lowest BCUT2D eigenvalue weighted by Crippen LogP contribution is -2.30. The lowest BCUT2D eigenvalue weighted by Gasteiger charge is -2.37. The average Bonchev–Trinajstić information content (AvgIpc) is 3.98. The topological polar surface area (TPSA) is 56.7 Å². The summed E-state index contributed by atoms with van der Waals surface area (Å²) in [6.07, 6.45) is 0. The van der Waals surface area contributed by atoms with Gasteiger partial charge in [-0.1, -0.05) is 164 Å². The minimum atomic E-state index is -0.484. The number of hydrogen-bond acceptors (Lipinski definition) is 4. The Labute approximate surface area is 349 Å². The molecule has 12 aromatic rings. The van der Waals surface area contributed by atoms with Gasteiger partial charge in [0.1, 0.15) is 11.2 Å². The van der Waals surface area contributed by atoms with Crippen molar-refractivity contribution in [3.8, 4) is 51.0 Å². The van der Waals surface area contributed by atoms with E-state index in [-0.39, 0.29) is 0 Å². The number of para-hydroxylation sites is 1. The van der Waals surface area contributed by atoms with Crippen LogP contribution in [0.25, 0.3) is 105 Å². The van der Waals surface area contributed by atoms with E-state index in [0.717, 1.165) is 55.3 Å². The van der Waals surface area contributed by atoms with Gasteiger partial charge in [0, 0.05) is 38.4 Å². The molecule has 5 heteroatoms. The largest absolute Gasteiger partial charge is 0.455 e. The van der Waals surface area contributed by atoms with Crippen molar-refractivity contribution < 1.29 is 4.42 Å². The van der Waals surface area contributed by atoms with Crippen molar-refractivity contribution in [2.45, 2.75) is 5.41 Å². The fourth-order valence-electron chi connectivity index (χ4n) is 10.8. The highest BCUT2D eigenvalue weighted by molar-refractivity contribution is 6.26. The molecule has 0 radical (unpaired) electrons. The zero-order chi connectivity index (χ0) is 39.8. The van der Waals surface area contributed by atoms with Gasteiger partial charge in [-0.3, -0.25) is 0 Å². The zero-order valence-electron chi connectivity index (χ0n) is 32.7. The number of furan rings is 1. The predicted molar refractivity (Wildman–Crippen MR) is 246 cm³/mol. The van der Waals surface area contributed by atoms with Gasteiger partial charge < -0.3 is 8.98 Å². The van der Waals surface area contributed by atoms with E-state index in [0.29, 0.717) is 17.5 Å². The second-order valence-electron chi connectivity index (χ2n) is 16.2. The Kier molecular flexibility index (Phi) is 6.43. The predicted octanol–water partition coefficient (Wildman–Crippen LogP) is 13.7. The number of hydrogen-bond donors (Lipinski definition) is 0. The van der Waals surface area contributed by atoms with Gasteiger partial charge in [0.2, 0.25) is 0 Å². The molecule has 282 valence electrons. The quantitative estimate of drug-likeness (QED) is 0.179. The van der Waals surface area contributed by atoms with Crippen LogP contribution in [0.15, 0.2) is 199 Å². The van der Waals surface area contributed by atoms with E-state index in [1.165, 1.54) is 54.9 Å². The monoisotopic (exact) mass is 776 g/mol. The number of fused-ring (bicyclic) bond motifs is 10. The Morgan fingerprint density at radius 1 is 0.393 bits per heavy atom. The Hall–Kier alpha value is -8.15. The highest BCUT2D eigenvalue weighted by Gasteiger charge is 2.50. The normalized spacial score (nSPS) is 13.4. The molecule has 0 saturated carbocycles. The third-order valence-electron chi connectivity index (χ3n) is 13.2. The van der Waals surface area contributed by atoms with Gasteiger partial charge in [0.15, 0.2) is 17.5 Å². The summed E-state index contributed by atoms with van der Waals surface area (Å²) >= 11 is 0. The molecule has 0 atom stereocenters. The summed E-state index contributed by atoms with van der Waals surface area (Å²) in [6, 6.07) is 69.5. The van der Waals surface area contributed by atoms with E-state index in [2.05, 4.69) is 126 Å². The molecule has 0 fully saturated rings. The summed E-state index contributed by atoms with van der Waals surface area (Å²) in [5.41, 5.74) is 14.9. The lowest BCUT2D eigenvalue weighted by atomic mass is 9.63. The van der Waals surface area contributed by atoms with Gasteiger partial charge in [-0.05, 0) is 74.5 Å². The minimum Gasteiger partial charge on any atom is -0.455 e. The van der Waals surface area contributed by atoms with E-state index in [9.17, 15) is 0 Å². The molecule has 1 spiro atoms. The molecule has 0 unspecified atom stereocenters. The van der Waals surface area contributed by atoms with E-state index in [4.69, 9.17) is 19.4 Å². The second kappa shape index (κ2) is 12.0. The average molecular weight is 777 g/mol. The maximum absolute atomic E-state index is 6.78. The SMILES string of the molecule is c1ccc(-c2nc(-c3ccccc3)nc(-c3cc(-n4c5cccc6c5c5c7c(cccc7ccc54)C64c5ccccc5-c5ccccc54)cc4c3oc3ccccc34)n2)cc1. The first kappa shape index (κ1) is 32.8. The molecular formula is C56H32N4O. The van der Waals surface area contributed by atoms with Crippen LogP contribution in [0.5, 0.6) is 0 Å². The molecule has 5 nitrogen and oxygen atoms in total. The molecule has 0 N–H and O–H groups in total. The summed E-state index contributed by atoms with van der Waals surface area (Å²) in [6.45, 7) is 0. The molecule has 3 heterocycles. The summed E-state index contributed by atoms with van der Waals surface area (Å²) in [5.74, 6) is 1.76. The Morgan fingerprint density at radius 2 is 0.967 bits per heavy atom. The van der Waals surface area contributed by atoms with Crippen LogP contribution in [0.1, 0.15) is 22.3 Å². The third kappa shape index (κ3) is 4.26. The second-order valence-corrected chi connectivity index (χ2v) is 16.2. The molecule has 0 amide bonds. The van der Waals surface area contributed by atoms with E-state index >= 15 is 0 Å². The molecule has 0 aliphatic heterocycles. The summed E-state index contributed by atoms with van der Waals surface area (Å²) in [5, 5.41) is 7.15. The van der Waals surface area contributed by atoms with Crippen LogP contribution in [0.4, 0.5) is 0 Å². The number of aromatic nitrogens is 4. The fraction of sp³-hybridized carbons (Fsp3) is 0.0179. The van der Waals surface area contributed by atoms with E-state index < -0.39 is 5.41 Å². The fourth-order valence-corrected chi connectivity index (χ4v) is 10.8. The maximum atomic E-state index is 6.78. The van der Waals surface area contributed by atoms with Gasteiger partial charge in [0.25, 0.3) is 0 Å². The van der Waals surface area contributed by atoms with Gasteiger partial charge in [-0.25, -0.2) is 15.0 Å². The standard InChI is InChI=1S/C56H32N4O/c1-3-15-34(16-4-1)53-57-54(35-17-5-2-6-18-35)59-55(58-53)41-32-36(31-40-39-22-9-12-28-48(39)61-52(40)41)60-46-27-14-26-45-50(46)51-47(60)30-29-33-19-13-25-44(49(33)51)56(45)42-23-10-7-20-37(42)38-21-8-11-24-43(38)56/h1-32H. The summed E-state index contributed by atoms with van der Waals surface area (Å²) in [4.78, 5) is 15.5. The lowest BCUT2D eigenvalue weighted by molar-refractivity contribution is 0.669. The van der Waals surface area contributed by atoms with Crippen molar-refractivity contribution in [1.29, 1.82) is 0 Å². The molecular weight excluding hydrogens is 745 g/mol. The highest BCUT2D eigenvalue weighted by Crippen LogP contribution is 2.62. The van der Waals surface area contributed by atoms with Crippen LogP contribution < -0.4 is 0 Å². The van der Waals surface area contributed by atoms with Gasteiger partial charge in [-0.15, -0.1) is 0 Å². The third-order valence-corrected chi connectivity index (χ3v) is 13.2. The van der Waals surface area contributed by atoms with Gasteiger partial charge in [-0.2, -0.15) is 0 Å².